The van der Waals surface area contributed by atoms with Crippen molar-refractivity contribution in [3.8, 4) is 0 Å². The standard InChI is InChI=1S/C8H18N2/c1-6-4-5-7(2,3)8(6,9)10/h6H,4-5,9-10H2,1-3H3. The van der Waals surface area contributed by atoms with Crippen molar-refractivity contribution in [1.82, 2.24) is 0 Å². The highest BCUT2D eigenvalue weighted by Crippen LogP contribution is 2.44. The summed E-state index contributed by atoms with van der Waals surface area (Å²) in [6.07, 6.45) is 2.32. The highest BCUT2D eigenvalue weighted by Gasteiger charge is 2.47. The molecule has 1 saturated carbocycles. The van der Waals surface area contributed by atoms with Crippen molar-refractivity contribution in [3.05, 3.63) is 0 Å². The maximum atomic E-state index is 5.98. The molecular formula is C8H18N2. The SMILES string of the molecule is CC1CCC(C)(C)C1(N)N. The molecule has 1 rings (SSSR count). The van der Waals surface area contributed by atoms with Gasteiger partial charge >= 0.3 is 0 Å². The second kappa shape index (κ2) is 1.95. The smallest absolute Gasteiger partial charge is 0.0715 e. The van der Waals surface area contributed by atoms with Crippen LogP contribution in [0.25, 0.3) is 0 Å². The van der Waals surface area contributed by atoms with Crippen molar-refractivity contribution in [2.45, 2.75) is 39.3 Å². The maximum absolute atomic E-state index is 5.98. The van der Waals surface area contributed by atoms with Crippen LogP contribution in [-0.2, 0) is 0 Å². The molecule has 4 N–H and O–H groups in total. The average Bonchev–Trinajstić information content (AvgIpc) is 1.94. The fourth-order valence-corrected chi connectivity index (χ4v) is 1.70. The highest BCUT2D eigenvalue weighted by atomic mass is 15.0. The van der Waals surface area contributed by atoms with E-state index in [1.54, 1.807) is 0 Å². The minimum absolute atomic E-state index is 0.117. The molecule has 0 amide bonds. The summed E-state index contributed by atoms with van der Waals surface area (Å²) in [7, 11) is 0. The van der Waals surface area contributed by atoms with Gasteiger partial charge < -0.3 is 11.5 Å². The van der Waals surface area contributed by atoms with Gasteiger partial charge in [-0.2, -0.15) is 0 Å². The molecule has 0 radical (unpaired) electrons. The summed E-state index contributed by atoms with van der Waals surface area (Å²) in [6, 6.07) is 0. The Morgan fingerprint density at radius 2 is 1.80 bits per heavy atom. The molecule has 10 heavy (non-hydrogen) atoms. The minimum Gasteiger partial charge on any atom is -0.313 e. The van der Waals surface area contributed by atoms with Gasteiger partial charge in [0.2, 0.25) is 0 Å². The van der Waals surface area contributed by atoms with Crippen LogP contribution in [-0.4, -0.2) is 5.66 Å². The molecule has 1 fully saturated rings. The third kappa shape index (κ3) is 0.867. The molecule has 0 aromatic heterocycles. The van der Waals surface area contributed by atoms with Gasteiger partial charge in [-0.3, -0.25) is 0 Å². The lowest BCUT2D eigenvalue weighted by Crippen LogP contribution is -2.60. The maximum Gasteiger partial charge on any atom is 0.0715 e. The van der Waals surface area contributed by atoms with E-state index in [2.05, 4.69) is 20.8 Å². The summed E-state index contributed by atoms with van der Waals surface area (Å²) < 4.78 is 0. The summed E-state index contributed by atoms with van der Waals surface area (Å²) in [4.78, 5) is 0. The lowest BCUT2D eigenvalue weighted by atomic mass is 9.80. The van der Waals surface area contributed by atoms with Crippen molar-refractivity contribution < 1.29 is 0 Å². The molecule has 2 nitrogen and oxygen atoms in total. The predicted octanol–water partition coefficient (Wildman–Crippen LogP) is 1.06. The van der Waals surface area contributed by atoms with Gasteiger partial charge in [-0.15, -0.1) is 0 Å². The number of hydrogen-bond acceptors (Lipinski definition) is 2. The second-order valence-corrected chi connectivity index (χ2v) is 4.26. The Morgan fingerprint density at radius 3 is 1.90 bits per heavy atom. The van der Waals surface area contributed by atoms with Crippen molar-refractivity contribution in [1.29, 1.82) is 0 Å². The van der Waals surface area contributed by atoms with Crippen LogP contribution in [0.3, 0.4) is 0 Å². The normalized spacial score (nSPS) is 36.3. The van der Waals surface area contributed by atoms with Gasteiger partial charge in [0.1, 0.15) is 0 Å². The molecule has 0 aliphatic heterocycles. The van der Waals surface area contributed by atoms with E-state index in [4.69, 9.17) is 11.5 Å². The molecular weight excluding hydrogens is 124 g/mol. The zero-order valence-electron chi connectivity index (χ0n) is 7.15. The molecule has 1 unspecified atom stereocenters. The molecule has 0 aromatic carbocycles. The van der Waals surface area contributed by atoms with Crippen LogP contribution >= 0.6 is 0 Å². The predicted molar refractivity (Wildman–Crippen MR) is 43.3 cm³/mol. The molecule has 1 atom stereocenters. The van der Waals surface area contributed by atoms with Crippen LogP contribution in [0.15, 0.2) is 0 Å². The van der Waals surface area contributed by atoms with E-state index in [1.807, 2.05) is 0 Å². The zero-order valence-corrected chi connectivity index (χ0v) is 7.15. The molecule has 2 heteroatoms. The fraction of sp³-hybridized carbons (Fsp3) is 1.00. The zero-order chi connectivity index (χ0) is 7.99. The van der Waals surface area contributed by atoms with E-state index in [0.29, 0.717) is 5.92 Å². The Balaban J connectivity index is 2.84. The molecule has 0 bridgehead atoms. The fourth-order valence-electron chi connectivity index (χ4n) is 1.70. The first-order chi connectivity index (χ1) is 4.38. The molecule has 0 spiro atoms. The van der Waals surface area contributed by atoms with Gasteiger partial charge in [0.15, 0.2) is 0 Å². The number of nitrogens with two attached hydrogens (primary N) is 2. The molecule has 60 valence electrons. The van der Waals surface area contributed by atoms with E-state index in [-0.39, 0.29) is 5.41 Å². The van der Waals surface area contributed by atoms with Crippen LogP contribution in [0.1, 0.15) is 33.6 Å². The second-order valence-electron chi connectivity index (χ2n) is 4.26. The first kappa shape index (κ1) is 8.02. The van der Waals surface area contributed by atoms with E-state index in [0.717, 1.165) is 6.42 Å². The first-order valence-electron chi connectivity index (χ1n) is 3.96. The van der Waals surface area contributed by atoms with Gasteiger partial charge in [0, 0.05) is 0 Å². The van der Waals surface area contributed by atoms with E-state index < -0.39 is 5.66 Å². The van der Waals surface area contributed by atoms with Crippen molar-refractivity contribution in [2.75, 3.05) is 0 Å². The summed E-state index contributed by atoms with van der Waals surface area (Å²) >= 11 is 0. The third-order valence-corrected chi connectivity index (χ3v) is 3.19. The number of hydrogen-bond donors (Lipinski definition) is 2. The topological polar surface area (TPSA) is 52.0 Å². The summed E-state index contributed by atoms with van der Waals surface area (Å²) in [5.74, 6) is 0.461. The van der Waals surface area contributed by atoms with Gasteiger partial charge in [-0.05, 0) is 24.2 Å². The Morgan fingerprint density at radius 1 is 1.30 bits per heavy atom. The van der Waals surface area contributed by atoms with Crippen molar-refractivity contribution in [2.24, 2.45) is 22.8 Å². The highest BCUT2D eigenvalue weighted by molar-refractivity contribution is 5.01. The Bertz CT molecular complexity index is 138. The van der Waals surface area contributed by atoms with Gasteiger partial charge in [0.25, 0.3) is 0 Å². The Hall–Kier alpha value is -0.0800. The average molecular weight is 142 g/mol. The summed E-state index contributed by atoms with van der Waals surface area (Å²) in [6.45, 7) is 6.43. The largest absolute Gasteiger partial charge is 0.313 e. The summed E-state index contributed by atoms with van der Waals surface area (Å²) in [5.41, 5.74) is 11.6. The Kier molecular flexibility index (Phi) is 1.57. The van der Waals surface area contributed by atoms with Crippen LogP contribution in [0.5, 0.6) is 0 Å². The molecule has 0 aromatic rings. The minimum atomic E-state index is -0.451. The van der Waals surface area contributed by atoms with Crippen LogP contribution in [0.2, 0.25) is 0 Å². The number of rotatable bonds is 0. The van der Waals surface area contributed by atoms with Crippen LogP contribution in [0, 0.1) is 11.3 Å². The molecule has 1 aliphatic carbocycles. The monoisotopic (exact) mass is 142 g/mol. The lowest BCUT2D eigenvalue weighted by molar-refractivity contribution is 0.179. The third-order valence-electron chi connectivity index (χ3n) is 3.19. The molecule has 1 aliphatic rings. The van der Waals surface area contributed by atoms with Crippen LogP contribution < -0.4 is 11.5 Å². The quantitative estimate of drug-likeness (QED) is 0.497. The van der Waals surface area contributed by atoms with Crippen LogP contribution in [0.4, 0.5) is 0 Å². The van der Waals surface area contributed by atoms with E-state index in [1.165, 1.54) is 6.42 Å². The van der Waals surface area contributed by atoms with Crippen molar-refractivity contribution in [3.63, 3.8) is 0 Å². The van der Waals surface area contributed by atoms with Gasteiger partial charge in [-0.25, -0.2) is 0 Å². The lowest BCUT2D eigenvalue weighted by Gasteiger charge is -2.37. The summed E-state index contributed by atoms with van der Waals surface area (Å²) in [5, 5.41) is 0. The first-order valence-corrected chi connectivity index (χ1v) is 3.96. The van der Waals surface area contributed by atoms with Gasteiger partial charge in [0.05, 0.1) is 5.66 Å². The van der Waals surface area contributed by atoms with Crippen molar-refractivity contribution >= 4 is 0 Å². The Labute approximate surface area is 63.0 Å². The molecule has 0 heterocycles. The van der Waals surface area contributed by atoms with E-state index >= 15 is 0 Å². The molecule has 0 saturated heterocycles. The van der Waals surface area contributed by atoms with E-state index in [9.17, 15) is 0 Å². The van der Waals surface area contributed by atoms with Gasteiger partial charge in [-0.1, -0.05) is 20.8 Å².